The molecule has 0 aromatic heterocycles. The molecule has 2 aromatic carbocycles. The quantitative estimate of drug-likeness (QED) is 0.839. The third-order valence-electron chi connectivity index (χ3n) is 2.43. The van der Waals surface area contributed by atoms with Crippen molar-refractivity contribution in [1.82, 2.24) is 0 Å². The van der Waals surface area contributed by atoms with Gasteiger partial charge in [-0.25, -0.2) is 4.39 Å². The molecule has 0 radical (unpaired) electrons. The largest absolute Gasteiger partial charge is 0.323 e. The Morgan fingerprint density at radius 3 is 2.47 bits per heavy atom. The molecule has 0 bridgehead atoms. The number of nitrogens with one attached hydrogen (secondary N) is 1. The lowest BCUT2D eigenvalue weighted by Gasteiger charge is -2.01. The van der Waals surface area contributed by atoms with E-state index in [-0.39, 0.29) is 11.7 Å². The summed E-state index contributed by atoms with van der Waals surface area (Å²) < 4.78 is 13.3. The second kappa shape index (κ2) is 6.16. The van der Waals surface area contributed by atoms with Crippen LogP contribution in [0.1, 0.15) is 5.56 Å². The highest BCUT2D eigenvalue weighted by Crippen LogP contribution is 2.13. The van der Waals surface area contributed by atoms with Crippen molar-refractivity contribution < 1.29 is 9.18 Å². The van der Waals surface area contributed by atoms with E-state index in [2.05, 4.69) is 5.32 Å². The molecular weight excluding hydrogens is 265 g/mol. The zero-order valence-corrected chi connectivity index (χ0v) is 10.7. The Bertz CT molecular complexity index is 608. The van der Waals surface area contributed by atoms with E-state index in [1.165, 1.54) is 18.2 Å². The Kier molecular flexibility index (Phi) is 4.31. The lowest BCUT2D eigenvalue weighted by molar-refractivity contribution is -0.111. The van der Waals surface area contributed by atoms with Crippen molar-refractivity contribution in [2.75, 3.05) is 5.32 Å². The van der Waals surface area contributed by atoms with Gasteiger partial charge in [0.2, 0.25) is 5.91 Å². The summed E-state index contributed by atoms with van der Waals surface area (Å²) >= 11 is 5.74. The van der Waals surface area contributed by atoms with Crippen LogP contribution in [0.25, 0.3) is 6.08 Å². The number of carbonyl (C=O) groups excluding carboxylic acids is 1. The Hall–Kier alpha value is -2.13. The van der Waals surface area contributed by atoms with Crippen LogP contribution in [0.2, 0.25) is 5.02 Å². The van der Waals surface area contributed by atoms with Gasteiger partial charge in [0.1, 0.15) is 5.82 Å². The first-order valence-electron chi connectivity index (χ1n) is 5.64. The fourth-order valence-electron chi connectivity index (χ4n) is 1.49. The molecule has 1 N–H and O–H groups in total. The van der Waals surface area contributed by atoms with Gasteiger partial charge in [0, 0.05) is 22.3 Å². The van der Waals surface area contributed by atoms with Gasteiger partial charge in [-0.1, -0.05) is 29.8 Å². The summed E-state index contributed by atoms with van der Waals surface area (Å²) in [5, 5.41) is 3.25. The maximum absolute atomic E-state index is 13.3. The van der Waals surface area contributed by atoms with Crippen LogP contribution < -0.4 is 5.32 Å². The van der Waals surface area contributed by atoms with Gasteiger partial charge in [-0.05, 0) is 36.4 Å². The van der Waals surface area contributed by atoms with Crippen molar-refractivity contribution in [3.05, 3.63) is 71.0 Å². The summed E-state index contributed by atoms with van der Waals surface area (Å²) in [6, 6.07) is 13.0. The molecule has 0 fully saturated rings. The molecule has 0 heterocycles. The third kappa shape index (κ3) is 3.93. The maximum atomic E-state index is 13.3. The Morgan fingerprint density at radius 1 is 1.11 bits per heavy atom. The Balaban J connectivity index is 2.02. The van der Waals surface area contributed by atoms with Gasteiger partial charge >= 0.3 is 0 Å². The minimum absolute atomic E-state index is 0.328. The zero-order chi connectivity index (χ0) is 13.7. The van der Waals surface area contributed by atoms with Gasteiger partial charge in [-0.2, -0.15) is 0 Å². The second-order valence-corrected chi connectivity index (χ2v) is 4.29. The molecule has 0 aliphatic heterocycles. The summed E-state index contributed by atoms with van der Waals surface area (Å²) in [5.74, 6) is -0.691. The average molecular weight is 276 g/mol. The van der Waals surface area contributed by atoms with Gasteiger partial charge in [0.25, 0.3) is 0 Å². The highest BCUT2D eigenvalue weighted by Gasteiger charge is 1.99. The summed E-state index contributed by atoms with van der Waals surface area (Å²) in [5.41, 5.74) is 1.00. The van der Waals surface area contributed by atoms with Crippen LogP contribution in [0.4, 0.5) is 10.1 Å². The number of carbonyl (C=O) groups is 1. The first-order valence-corrected chi connectivity index (χ1v) is 6.02. The van der Waals surface area contributed by atoms with Crippen molar-refractivity contribution in [2.45, 2.75) is 0 Å². The normalized spacial score (nSPS) is 10.6. The van der Waals surface area contributed by atoms with E-state index >= 15 is 0 Å². The van der Waals surface area contributed by atoms with Crippen LogP contribution in [0.15, 0.2) is 54.6 Å². The molecule has 0 atom stereocenters. The predicted molar refractivity (Wildman–Crippen MR) is 75.5 cm³/mol. The van der Waals surface area contributed by atoms with Crippen molar-refractivity contribution >= 4 is 29.3 Å². The molecule has 0 aliphatic carbocycles. The van der Waals surface area contributed by atoms with Crippen molar-refractivity contribution in [1.29, 1.82) is 0 Å². The number of amides is 1. The van der Waals surface area contributed by atoms with Crippen molar-refractivity contribution in [3.63, 3.8) is 0 Å². The van der Waals surface area contributed by atoms with Crippen LogP contribution in [-0.4, -0.2) is 5.91 Å². The van der Waals surface area contributed by atoms with E-state index in [0.717, 1.165) is 0 Å². The third-order valence-corrected chi connectivity index (χ3v) is 2.68. The Morgan fingerprint density at radius 2 is 1.79 bits per heavy atom. The highest BCUT2D eigenvalue weighted by molar-refractivity contribution is 6.30. The molecule has 0 unspecified atom stereocenters. The summed E-state index contributed by atoms with van der Waals surface area (Å²) in [6.45, 7) is 0. The predicted octanol–water partition coefficient (Wildman–Crippen LogP) is 4.13. The first-order chi connectivity index (χ1) is 9.15. The number of benzene rings is 2. The molecule has 0 saturated heterocycles. The maximum Gasteiger partial charge on any atom is 0.248 e. The molecule has 2 rings (SSSR count). The summed E-state index contributed by atoms with van der Waals surface area (Å²) in [4.78, 5) is 11.6. The zero-order valence-electron chi connectivity index (χ0n) is 9.94. The Labute approximate surface area is 115 Å². The molecular formula is C15H11ClFNO. The fraction of sp³-hybridized carbons (Fsp3) is 0. The SMILES string of the molecule is O=C(/C=C/c1ccccc1F)Nc1ccc(Cl)cc1. The van der Waals surface area contributed by atoms with Gasteiger partial charge in [-0.3, -0.25) is 4.79 Å². The van der Waals surface area contributed by atoms with E-state index in [1.807, 2.05) is 0 Å². The summed E-state index contributed by atoms with van der Waals surface area (Å²) in [6.07, 6.45) is 2.72. The molecule has 0 aliphatic rings. The molecule has 0 spiro atoms. The minimum Gasteiger partial charge on any atom is -0.323 e. The lowest BCUT2D eigenvalue weighted by atomic mass is 10.2. The highest BCUT2D eigenvalue weighted by atomic mass is 35.5. The van der Waals surface area contributed by atoms with E-state index in [4.69, 9.17) is 11.6 Å². The first kappa shape index (κ1) is 13.3. The van der Waals surface area contributed by atoms with Crippen molar-refractivity contribution in [3.8, 4) is 0 Å². The van der Waals surface area contributed by atoms with Gasteiger partial charge in [0.05, 0.1) is 0 Å². The average Bonchev–Trinajstić information content (AvgIpc) is 2.40. The molecule has 4 heteroatoms. The number of anilines is 1. The molecule has 2 nitrogen and oxygen atoms in total. The second-order valence-electron chi connectivity index (χ2n) is 3.85. The van der Waals surface area contributed by atoms with Crippen LogP contribution in [0.5, 0.6) is 0 Å². The molecule has 1 amide bonds. The van der Waals surface area contributed by atoms with Crippen LogP contribution in [0.3, 0.4) is 0 Å². The standard InChI is InChI=1S/C15H11ClFNO/c16-12-6-8-13(9-7-12)18-15(19)10-5-11-3-1-2-4-14(11)17/h1-10H,(H,18,19)/b10-5+. The van der Waals surface area contributed by atoms with E-state index < -0.39 is 0 Å². The fourth-order valence-corrected chi connectivity index (χ4v) is 1.62. The topological polar surface area (TPSA) is 29.1 Å². The van der Waals surface area contributed by atoms with Crippen LogP contribution >= 0.6 is 11.6 Å². The number of halogens is 2. The lowest BCUT2D eigenvalue weighted by Crippen LogP contribution is -2.07. The minimum atomic E-state index is -0.363. The number of hydrogen-bond acceptors (Lipinski definition) is 1. The smallest absolute Gasteiger partial charge is 0.248 e. The van der Waals surface area contributed by atoms with E-state index in [9.17, 15) is 9.18 Å². The van der Waals surface area contributed by atoms with Crippen molar-refractivity contribution in [2.24, 2.45) is 0 Å². The van der Waals surface area contributed by atoms with Gasteiger partial charge < -0.3 is 5.32 Å². The monoisotopic (exact) mass is 275 g/mol. The van der Waals surface area contributed by atoms with E-state index in [0.29, 0.717) is 16.3 Å². The summed E-state index contributed by atoms with van der Waals surface area (Å²) in [7, 11) is 0. The van der Waals surface area contributed by atoms with Gasteiger partial charge in [0.15, 0.2) is 0 Å². The molecule has 2 aromatic rings. The number of rotatable bonds is 3. The van der Waals surface area contributed by atoms with Crippen LogP contribution in [0, 0.1) is 5.82 Å². The van der Waals surface area contributed by atoms with Gasteiger partial charge in [-0.15, -0.1) is 0 Å². The van der Waals surface area contributed by atoms with E-state index in [1.54, 1.807) is 42.5 Å². The molecule has 96 valence electrons. The van der Waals surface area contributed by atoms with Crippen LogP contribution in [-0.2, 0) is 4.79 Å². The number of hydrogen-bond donors (Lipinski definition) is 1. The molecule has 0 saturated carbocycles. The molecule has 19 heavy (non-hydrogen) atoms.